The van der Waals surface area contributed by atoms with E-state index in [4.69, 9.17) is 0 Å². The number of hydrogen-bond donors (Lipinski definition) is 1. The predicted octanol–water partition coefficient (Wildman–Crippen LogP) is 1.32. The van der Waals surface area contributed by atoms with Crippen LogP contribution in [0.15, 0.2) is 40.0 Å². The molecule has 2 rings (SSSR count). The molecule has 0 saturated heterocycles. The Morgan fingerprint density at radius 2 is 2.31 bits per heavy atom. The highest BCUT2D eigenvalue weighted by atomic mass is 79.9. The van der Waals surface area contributed by atoms with Crippen LogP contribution in [0, 0.1) is 0 Å². The van der Waals surface area contributed by atoms with E-state index in [9.17, 15) is 4.79 Å². The van der Waals surface area contributed by atoms with Crippen molar-refractivity contribution >= 4 is 15.9 Å². The molecule has 0 amide bonds. The van der Waals surface area contributed by atoms with Crippen LogP contribution in [0.3, 0.4) is 0 Å². The lowest BCUT2D eigenvalue weighted by Crippen LogP contribution is -2.14. The highest BCUT2D eigenvalue weighted by Gasteiger charge is 1.99. The quantitative estimate of drug-likeness (QED) is 0.817. The second-order valence-corrected chi connectivity index (χ2v) is 3.39. The molecule has 0 spiro atoms. The summed E-state index contributed by atoms with van der Waals surface area (Å²) in [5, 5.41) is 0. The Hall–Kier alpha value is -1.36. The lowest BCUT2D eigenvalue weighted by atomic mass is 10.4. The van der Waals surface area contributed by atoms with Gasteiger partial charge in [0.25, 0.3) is 0 Å². The Morgan fingerprint density at radius 3 is 2.85 bits per heavy atom. The fourth-order valence-corrected chi connectivity index (χ4v) is 1.25. The highest BCUT2D eigenvalue weighted by Crippen LogP contribution is 2.08. The number of hydrogen-bond acceptors (Lipinski definition) is 2. The first-order valence-corrected chi connectivity index (χ1v) is 4.44. The molecule has 0 aliphatic rings. The molecule has 1 N–H and O–H groups in total. The molecule has 0 aromatic carbocycles. The van der Waals surface area contributed by atoms with Crippen molar-refractivity contribution in [2.24, 2.45) is 0 Å². The molecule has 66 valence electrons. The van der Waals surface area contributed by atoms with Gasteiger partial charge in [0.15, 0.2) is 0 Å². The van der Waals surface area contributed by atoms with Crippen LogP contribution in [-0.2, 0) is 0 Å². The van der Waals surface area contributed by atoms with Gasteiger partial charge in [-0.3, -0.25) is 4.57 Å². The third-order valence-corrected chi connectivity index (χ3v) is 2.08. The summed E-state index contributed by atoms with van der Waals surface area (Å²) < 4.78 is 2.33. The molecule has 2 heterocycles. The molecule has 4 nitrogen and oxygen atoms in total. The summed E-state index contributed by atoms with van der Waals surface area (Å²) in [6.45, 7) is 0. The van der Waals surface area contributed by atoms with E-state index >= 15 is 0 Å². The van der Waals surface area contributed by atoms with E-state index in [1.165, 1.54) is 4.57 Å². The van der Waals surface area contributed by atoms with E-state index in [-0.39, 0.29) is 5.69 Å². The number of imidazole rings is 1. The largest absolute Gasteiger partial charge is 0.331 e. The fourth-order valence-electron chi connectivity index (χ4n) is 1.01. The number of halogens is 1. The minimum Gasteiger partial charge on any atom is -0.312 e. The Labute approximate surface area is 82.4 Å². The second-order valence-electron chi connectivity index (χ2n) is 2.47. The average molecular weight is 240 g/mol. The Kier molecular flexibility index (Phi) is 2.02. The maximum absolute atomic E-state index is 11.2. The maximum Gasteiger partial charge on any atom is 0.331 e. The van der Waals surface area contributed by atoms with Crippen molar-refractivity contribution in [3.63, 3.8) is 0 Å². The lowest BCUT2D eigenvalue weighted by molar-refractivity contribution is 0.939. The fraction of sp³-hybridized carbons (Fsp3) is 0. The average Bonchev–Trinajstić information content (AvgIpc) is 2.53. The van der Waals surface area contributed by atoms with Gasteiger partial charge < -0.3 is 4.98 Å². The van der Waals surface area contributed by atoms with Crippen molar-refractivity contribution in [2.75, 3.05) is 0 Å². The van der Waals surface area contributed by atoms with Crippen molar-refractivity contribution < 1.29 is 0 Å². The zero-order valence-corrected chi connectivity index (χ0v) is 8.15. The molecule has 0 aliphatic carbocycles. The molecule has 0 aliphatic heterocycles. The van der Waals surface area contributed by atoms with Gasteiger partial charge in [-0.05, 0) is 28.1 Å². The summed E-state index contributed by atoms with van der Waals surface area (Å²) in [6, 6.07) is 3.60. The zero-order valence-electron chi connectivity index (χ0n) is 6.57. The first-order chi connectivity index (χ1) is 6.27. The van der Waals surface area contributed by atoms with Crippen molar-refractivity contribution in [1.82, 2.24) is 14.5 Å². The van der Waals surface area contributed by atoms with Gasteiger partial charge in [0, 0.05) is 23.1 Å². The van der Waals surface area contributed by atoms with E-state index in [0.717, 1.165) is 4.47 Å². The van der Waals surface area contributed by atoms with E-state index < -0.39 is 0 Å². The molecule has 0 saturated carbocycles. The Morgan fingerprint density at radius 1 is 1.46 bits per heavy atom. The molecule has 0 atom stereocenters. The molecule has 2 aromatic rings. The SMILES string of the molecule is O=c1[nH]ccn1-c1ccc(Br)cn1. The summed E-state index contributed by atoms with van der Waals surface area (Å²) in [5.74, 6) is 0.606. The molecule has 2 aromatic heterocycles. The normalized spacial score (nSPS) is 10.2. The smallest absolute Gasteiger partial charge is 0.312 e. The van der Waals surface area contributed by atoms with E-state index in [2.05, 4.69) is 25.9 Å². The van der Waals surface area contributed by atoms with Gasteiger partial charge in [0.2, 0.25) is 0 Å². The first-order valence-electron chi connectivity index (χ1n) is 3.65. The van der Waals surface area contributed by atoms with Gasteiger partial charge >= 0.3 is 5.69 Å². The van der Waals surface area contributed by atoms with Crippen molar-refractivity contribution in [3.05, 3.63) is 45.7 Å². The first kappa shape index (κ1) is 8.25. The minimum atomic E-state index is -0.185. The molecule has 0 bridgehead atoms. The summed E-state index contributed by atoms with van der Waals surface area (Å²) in [5.41, 5.74) is -0.185. The van der Waals surface area contributed by atoms with Gasteiger partial charge in [-0.2, -0.15) is 0 Å². The Bertz CT molecular complexity index is 457. The van der Waals surface area contributed by atoms with Crippen LogP contribution >= 0.6 is 15.9 Å². The van der Waals surface area contributed by atoms with Crippen LogP contribution in [0.1, 0.15) is 0 Å². The van der Waals surface area contributed by atoms with Gasteiger partial charge in [-0.25, -0.2) is 9.78 Å². The van der Waals surface area contributed by atoms with E-state index in [0.29, 0.717) is 5.82 Å². The predicted molar refractivity (Wildman–Crippen MR) is 51.9 cm³/mol. The third kappa shape index (κ3) is 1.55. The van der Waals surface area contributed by atoms with E-state index in [1.807, 2.05) is 6.07 Å². The number of nitrogens with zero attached hydrogens (tertiary/aromatic N) is 2. The van der Waals surface area contributed by atoms with Crippen LogP contribution in [0.4, 0.5) is 0 Å². The van der Waals surface area contributed by atoms with Crippen LogP contribution in [0.2, 0.25) is 0 Å². The van der Waals surface area contributed by atoms with Crippen LogP contribution < -0.4 is 5.69 Å². The standard InChI is InChI=1S/C8H6BrN3O/c9-6-1-2-7(11-5-6)12-4-3-10-8(12)13/h1-5H,(H,10,13). The van der Waals surface area contributed by atoms with Crippen LogP contribution in [-0.4, -0.2) is 14.5 Å². The van der Waals surface area contributed by atoms with Gasteiger partial charge in [-0.1, -0.05) is 0 Å². The van der Waals surface area contributed by atoms with Crippen LogP contribution in [0.25, 0.3) is 5.82 Å². The van der Waals surface area contributed by atoms with Gasteiger partial charge in [0.1, 0.15) is 5.82 Å². The van der Waals surface area contributed by atoms with Gasteiger partial charge in [0.05, 0.1) is 0 Å². The Balaban J connectivity index is 2.54. The van der Waals surface area contributed by atoms with Crippen molar-refractivity contribution in [3.8, 4) is 5.82 Å². The summed E-state index contributed by atoms with van der Waals surface area (Å²) in [7, 11) is 0. The molecule has 5 heteroatoms. The molecular formula is C8H6BrN3O. The van der Waals surface area contributed by atoms with Crippen LogP contribution in [0.5, 0.6) is 0 Å². The topological polar surface area (TPSA) is 50.7 Å². The summed E-state index contributed by atoms with van der Waals surface area (Å²) >= 11 is 3.27. The second kappa shape index (κ2) is 3.18. The summed E-state index contributed by atoms with van der Waals surface area (Å²) in [6.07, 6.45) is 4.86. The number of aromatic amines is 1. The molecule has 0 radical (unpaired) electrons. The molecule has 0 fully saturated rings. The minimum absolute atomic E-state index is 0.185. The molecule has 0 unspecified atom stereocenters. The number of rotatable bonds is 1. The molecule has 13 heavy (non-hydrogen) atoms. The van der Waals surface area contributed by atoms with Gasteiger partial charge in [-0.15, -0.1) is 0 Å². The zero-order chi connectivity index (χ0) is 9.26. The number of aromatic nitrogens is 3. The number of H-pyrrole nitrogens is 1. The van der Waals surface area contributed by atoms with Crippen molar-refractivity contribution in [2.45, 2.75) is 0 Å². The third-order valence-electron chi connectivity index (χ3n) is 1.61. The number of nitrogens with one attached hydrogen (secondary N) is 1. The van der Waals surface area contributed by atoms with Crippen molar-refractivity contribution in [1.29, 1.82) is 0 Å². The molecular weight excluding hydrogens is 234 g/mol. The monoisotopic (exact) mass is 239 g/mol. The lowest BCUT2D eigenvalue weighted by Gasteiger charge is -1.98. The number of pyridine rings is 1. The maximum atomic E-state index is 11.2. The summed E-state index contributed by atoms with van der Waals surface area (Å²) in [4.78, 5) is 17.8. The highest BCUT2D eigenvalue weighted by molar-refractivity contribution is 9.10. The van der Waals surface area contributed by atoms with E-state index in [1.54, 1.807) is 24.7 Å².